The first kappa shape index (κ1) is 31.3. The summed E-state index contributed by atoms with van der Waals surface area (Å²) >= 11 is 5.23. The fourth-order valence-corrected chi connectivity index (χ4v) is 6.67. The summed E-state index contributed by atoms with van der Waals surface area (Å²) in [6, 6.07) is 10.1. The van der Waals surface area contributed by atoms with Gasteiger partial charge in [-0.1, -0.05) is 40.2 Å². The molecule has 1 aliphatic rings. The maximum Gasteiger partial charge on any atom is 0.337 e. The molecule has 1 atom stereocenters. The van der Waals surface area contributed by atoms with Gasteiger partial charge in [0.2, 0.25) is 0 Å². The second-order valence-corrected chi connectivity index (χ2v) is 14.1. The SMILES string of the molecule is C=CCOC1(C)CCN(c2c(C(OC(C)(C)C)C(=O)O)c(C)nc3cc(-c4ncc(Cc5ccccc5Br)s4)nn23)CC1. The normalized spacial score (nSPS) is 16.0. The number of hydrogen-bond acceptors (Lipinski definition) is 8. The molecule has 1 saturated heterocycles. The second kappa shape index (κ2) is 12.5. The Balaban J connectivity index is 1.58. The number of nitrogens with zero attached hydrogens (tertiary/aromatic N) is 5. The number of benzene rings is 1. The average molecular weight is 669 g/mol. The summed E-state index contributed by atoms with van der Waals surface area (Å²) in [5.41, 5.74) is 2.62. The molecule has 0 radical (unpaired) electrons. The van der Waals surface area contributed by atoms with Crippen LogP contribution in [0.1, 0.15) is 68.3 Å². The highest BCUT2D eigenvalue weighted by Gasteiger charge is 2.37. The first-order valence-electron chi connectivity index (χ1n) is 14.4. The van der Waals surface area contributed by atoms with E-state index in [1.807, 2.05) is 58.2 Å². The Hall–Kier alpha value is -3.12. The summed E-state index contributed by atoms with van der Waals surface area (Å²) in [6.07, 6.45) is 4.71. The van der Waals surface area contributed by atoms with E-state index in [1.165, 1.54) is 5.56 Å². The van der Waals surface area contributed by atoms with Crippen LogP contribution in [0.5, 0.6) is 0 Å². The molecule has 1 aliphatic heterocycles. The van der Waals surface area contributed by atoms with Crippen molar-refractivity contribution in [1.29, 1.82) is 0 Å². The minimum absolute atomic E-state index is 0.291. The van der Waals surface area contributed by atoms with Crippen LogP contribution in [0, 0.1) is 6.92 Å². The third-order valence-corrected chi connectivity index (χ3v) is 9.32. The Bertz CT molecular complexity index is 1630. The molecule has 43 heavy (non-hydrogen) atoms. The van der Waals surface area contributed by atoms with Crippen LogP contribution in [0.2, 0.25) is 0 Å². The lowest BCUT2D eigenvalue weighted by atomic mass is 9.92. The van der Waals surface area contributed by atoms with E-state index in [4.69, 9.17) is 24.5 Å². The summed E-state index contributed by atoms with van der Waals surface area (Å²) in [5.74, 6) is -0.387. The minimum Gasteiger partial charge on any atom is -0.479 e. The molecule has 4 aromatic rings. The fraction of sp³-hybridized carbons (Fsp3) is 0.438. The molecular formula is C32H38BrN5O4S. The molecule has 1 unspecified atom stereocenters. The number of rotatable bonds is 10. The van der Waals surface area contributed by atoms with Crippen molar-refractivity contribution in [3.05, 3.63) is 75.4 Å². The number of aryl methyl sites for hydroxylation is 1. The standard InChI is InChI=1S/C32H38BrN5O4S/c1-7-16-41-32(6)12-14-37(15-13-32)29-26(27(30(39)40)42-31(3,4)5)20(2)35-25-18-24(36-38(25)29)28-34-19-22(43-28)17-21-10-8-9-11-23(21)33/h7-11,18-19,27H,1,12-17H2,2-6H3,(H,39,40). The number of carbonyl (C=O) groups is 1. The smallest absolute Gasteiger partial charge is 0.337 e. The van der Waals surface area contributed by atoms with Gasteiger partial charge in [-0.05, 0) is 59.1 Å². The number of anilines is 1. The van der Waals surface area contributed by atoms with Gasteiger partial charge in [-0.3, -0.25) is 0 Å². The molecule has 5 rings (SSSR count). The molecule has 0 spiro atoms. The zero-order valence-electron chi connectivity index (χ0n) is 25.3. The topological polar surface area (TPSA) is 102 Å². The Morgan fingerprint density at radius 2 is 2.00 bits per heavy atom. The number of piperidine rings is 1. The number of aliphatic carboxylic acids is 1. The summed E-state index contributed by atoms with van der Waals surface area (Å²) in [4.78, 5) is 25.5. The molecule has 1 fully saturated rings. The highest BCUT2D eigenvalue weighted by atomic mass is 79.9. The van der Waals surface area contributed by atoms with Crippen LogP contribution in [0.15, 0.2) is 53.7 Å². The number of ether oxygens (including phenoxy) is 2. The molecule has 0 amide bonds. The van der Waals surface area contributed by atoms with E-state index < -0.39 is 17.7 Å². The second-order valence-electron chi connectivity index (χ2n) is 12.1. The quantitative estimate of drug-likeness (QED) is 0.180. The largest absolute Gasteiger partial charge is 0.479 e. The zero-order valence-corrected chi connectivity index (χ0v) is 27.7. The van der Waals surface area contributed by atoms with Crippen LogP contribution >= 0.6 is 27.3 Å². The van der Waals surface area contributed by atoms with Gasteiger partial charge in [0.15, 0.2) is 11.8 Å². The molecule has 9 nitrogen and oxygen atoms in total. The number of thiazole rings is 1. The van der Waals surface area contributed by atoms with Crippen molar-refractivity contribution in [2.24, 2.45) is 0 Å². The van der Waals surface area contributed by atoms with Crippen molar-refractivity contribution in [2.75, 3.05) is 24.6 Å². The van der Waals surface area contributed by atoms with Gasteiger partial charge >= 0.3 is 5.97 Å². The van der Waals surface area contributed by atoms with Crippen molar-refractivity contribution >= 4 is 44.7 Å². The van der Waals surface area contributed by atoms with Crippen LogP contribution in [0.3, 0.4) is 0 Å². The van der Waals surface area contributed by atoms with Crippen molar-refractivity contribution in [2.45, 2.75) is 71.2 Å². The number of aromatic nitrogens is 4. The van der Waals surface area contributed by atoms with E-state index in [1.54, 1.807) is 21.9 Å². The van der Waals surface area contributed by atoms with E-state index in [0.717, 1.165) is 33.6 Å². The van der Waals surface area contributed by atoms with Crippen molar-refractivity contribution in [3.63, 3.8) is 0 Å². The van der Waals surface area contributed by atoms with Crippen LogP contribution in [0.4, 0.5) is 5.82 Å². The predicted molar refractivity (Wildman–Crippen MR) is 173 cm³/mol. The third-order valence-electron chi connectivity index (χ3n) is 7.53. The first-order chi connectivity index (χ1) is 20.4. The Morgan fingerprint density at radius 1 is 1.28 bits per heavy atom. The van der Waals surface area contributed by atoms with Gasteiger partial charge in [0, 0.05) is 46.8 Å². The molecule has 11 heteroatoms. The maximum absolute atomic E-state index is 12.7. The minimum atomic E-state index is -1.22. The van der Waals surface area contributed by atoms with Crippen molar-refractivity contribution < 1.29 is 19.4 Å². The Kier molecular flexibility index (Phi) is 9.08. The summed E-state index contributed by atoms with van der Waals surface area (Å²) in [6.45, 7) is 15.1. The number of halogens is 1. The van der Waals surface area contributed by atoms with Crippen LogP contribution in [-0.4, -0.2) is 61.6 Å². The molecule has 0 bridgehead atoms. The lowest BCUT2D eigenvalue weighted by Gasteiger charge is -2.41. The van der Waals surface area contributed by atoms with Crippen molar-refractivity contribution in [3.8, 4) is 10.7 Å². The Labute approximate surface area is 264 Å². The molecule has 1 N–H and O–H groups in total. The van der Waals surface area contributed by atoms with Gasteiger partial charge in [0.05, 0.1) is 23.4 Å². The zero-order chi connectivity index (χ0) is 30.9. The molecular weight excluding hydrogens is 630 g/mol. The highest BCUT2D eigenvalue weighted by molar-refractivity contribution is 9.10. The van der Waals surface area contributed by atoms with Crippen LogP contribution < -0.4 is 4.90 Å². The number of hydrogen-bond donors (Lipinski definition) is 1. The van der Waals surface area contributed by atoms with E-state index in [-0.39, 0.29) is 5.60 Å². The van der Waals surface area contributed by atoms with Gasteiger partial charge in [-0.15, -0.1) is 17.9 Å². The number of carboxylic acid groups (broad SMARTS) is 1. The monoisotopic (exact) mass is 667 g/mol. The van der Waals surface area contributed by atoms with Gasteiger partial charge in [0.25, 0.3) is 0 Å². The van der Waals surface area contributed by atoms with Gasteiger partial charge in [0.1, 0.15) is 16.5 Å². The fourth-order valence-electron chi connectivity index (χ4n) is 5.35. The van der Waals surface area contributed by atoms with E-state index >= 15 is 0 Å². The van der Waals surface area contributed by atoms with E-state index in [0.29, 0.717) is 48.1 Å². The predicted octanol–water partition coefficient (Wildman–Crippen LogP) is 7.02. The van der Waals surface area contributed by atoms with Gasteiger partial charge in [-0.25, -0.2) is 14.8 Å². The molecule has 0 saturated carbocycles. The molecule has 228 valence electrons. The lowest BCUT2D eigenvalue weighted by Crippen LogP contribution is -2.45. The number of fused-ring (bicyclic) bond motifs is 1. The number of carboxylic acids is 1. The van der Waals surface area contributed by atoms with E-state index in [2.05, 4.69) is 40.4 Å². The molecule has 1 aromatic carbocycles. The molecule has 4 heterocycles. The summed E-state index contributed by atoms with van der Waals surface area (Å²) in [7, 11) is 0. The van der Waals surface area contributed by atoms with Crippen LogP contribution in [0.25, 0.3) is 16.3 Å². The van der Waals surface area contributed by atoms with Gasteiger partial charge < -0.3 is 19.5 Å². The average Bonchev–Trinajstić information content (AvgIpc) is 3.58. The van der Waals surface area contributed by atoms with Crippen LogP contribution in [-0.2, 0) is 20.7 Å². The lowest BCUT2D eigenvalue weighted by molar-refractivity contribution is -0.160. The highest BCUT2D eigenvalue weighted by Crippen LogP contribution is 2.38. The maximum atomic E-state index is 12.7. The van der Waals surface area contributed by atoms with Crippen molar-refractivity contribution in [1.82, 2.24) is 19.6 Å². The van der Waals surface area contributed by atoms with Gasteiger partial charge in [-0.2, -0.15) is 9.61 Å². The summed E-state index contributed by atoms with van der Waals surface area (Å²) in [5, 5.41) is 16.1. The molecule has 0 aliphatic carbocycles. The first-order valence-corrected chi connectivity index (χ1v) is 16.0. The Morgan fingerprint density at radius 3 is 2.65 bits per heavy atom. The van der Waals surface area contributed by atoms with E-state index in [9.17, 15) is 9.90 Å². The third kappa shape index (κ3) is 7.01. The summed E-state index contributed by atoms with van der Waals surface area (Å²) < 4.78 is 15.1. The molecule has 3 aromatic heterocycles.